The second kappa shape index (κ2) is 6.04. The minimum Gasteiger partial charge on any atom is -0.322 e. The maximum atomic E-state index is 12.8. The van der Waals surface area contributed by atoms with E-state index in [4.69, 9.17) is 0 Å². The number of carbonyl (C=O) groups is 1. The van der Waals surface area contributed by atoms with E-state index in [9.17, 15) is 9.59 Å². The average molecular weight is 331 g/mol. The van der Waals surface area contributed by atoms with Crippen LogP contribution in [0.1, 0.15) is 10.4 Å². The minimum absolute atomic E-state index is 0.0369. The number of rotatable bonds is 3. The van der Waals surface area contributed by atoms with E-state index in [1.807, 2.05) is 30.3 Å². The molecule has 0 atom stereocenters. The van der Waals surface area contributed by atoms with Crippen molar-refractivity contribution in [2.24, 2.45) is 0 Å². The van der Waals surface area contributed by atoms with E-state index in [1.54, 1.807) is 41.5 Å². The van der Waals surface area contributed by atoms with Crippen LogP contribution in [0.4, 0.5) is 5.69 Å². The van der Waals surface area contributed by atoms with Crippen LogP contribution in [-0.4, -0.2) is 25.1 Å². The van der Waals surface area contributed by atoms with E-state index in [0.29, 0.717) is 11.3 Å². The van der Waals surface area contributed by atoms with Gasteiger partial charge in [0.2, 0.25) is 0 Å². The lowest BCUT2D eigenvalue weighted by Gasteiger charge is -2.08. The Hall–Kier alpha value is -3.74. The van der Waals surface area contributed by atoms with Crippen molar-refractivity contribution in [3.05, 3.63) is 89.2 Å². The lowest BCUT2D eigenvalue weighted by Crippen LogP contribution is -2.29. The van der Waals surface area contributed by atoms with Crippen LogP contribution >= 0.6 is 0 Å². The third-order valence-corrected chi connectivity index (χ3v) is 3.75. The molecule has 4 aromatic rings. The van der Waals surface area contributed by atoms with Crippen LogP contribution in [0.25, 0.3) is 11.3 Å². The van der Waals surface area contributed by atoms with Crippen molar-refractivity contribution < 1.29 is 4.79 Å². The molecule has 0 bridgehead atoms. The number of benzene rings is 1. The lowest BCUT2D eigenvalue weighted by atomic mass is 10.3. The summed E-state index contributed by atoms with van der Waals surface area (Å²) in [5.41, 5.74) is 1.35. The van der Waals surface area contributed by atoms with Gasteiger partial charge in [-0.3, -0.25) is 19.3 Å². The molecule has 25 heavy (non-hydrogen) atoms. The highest BCUT2D eigenvalue weighted by molar-refractivity contribution is 6.03. The normalized spacial score (nSPS) is 10.7. The highest BCUT2D eigenvalue weighted by Gasteiger charge is 2.16. The number of pyridine rings is 1. The van der Waals surface area contributed by atoms with Crippen LogP contribution in [0.5, 0.6) is 0 Å². The van der Waals surface area contributed by atoms with Gasteiger partial charge in [-0.2, -0.15) is 4.52 Å². The molecule has 3 aromatic heterocycles. The highest BCUT2D eigenvalue weighted by atomic mass is 16.2. The molecular weight excluding hydrogens is 318 g/mol. The summed E-state index contributed by atoms with van der Waals surface area (Å²) < 4.78 is 3.03. The third-order valence-electron chi connectivity index (χ3n) is 3.75. The van der Waals surface area contributed by atoms with Gasteiger partial charge in [0.05, 0.1) is 5.69 Å². The molecule has 7 nitrogen and oxygen atoms in total. The Morgan fingerprint density at radius 1 is 1.00 bits per heavy atom. The number of hydrogen-bond acceptors (Lipinski definition) is 4. The van der Waals surface area contributed by atoms with Crippen molar-refractivity contribution in [3.8, 4) is 5.69 Å². The predicted molar refractivity (Wildman–Crippen MR) is 93.0 cm³/mol. The summed E-state index contributed by atoms with van der Waals surface area (Å²) in [5.74, 6) is -0.515. The number of amides is 1. The quantitative estimate of drug-likeness (QED) is 0.623. The van der Waals surface area contributed by atoms with Crippen LogP contribution in [-0.2, 0) is 0 Å². The Morgan fingerprint density at radius 2 is 1.76 bits per heavy atom. The summed E-state index contributed by atoms with van der Waals surface area (Å²) in [7, 11) is 0. The Morgan fingerprint density at radius 3 is 2.52 bits per heavy atom. The van der Waals surface area contributed by atoms with Crippen LogP contribution in [0.2, 0.25) is 0 Å². The molecule has 1 N–H and O–H groups in total. The fourth-order valence-corrected chi connectivity index (χ4v) is 2.56. The lowest BCUT2D eigenvalue weighted by molar-refractivity contribution is 0.102. The van der Waals surface area contributed by atoms with Crippen LogP contribution in [0.3, 0.4) is 0 Å². The molecule has 0 saturated heterocycles. The van der Waals surface area contributed by atoms with E-state index in [2.05, 4.69) is 15.3 Å². The van der Waals surface area contributed by atoms with Gasteiger partial charge in [-0.15, -0.1) is 0 Å². The molecule has 3 heterocycles. The van der Waals surface area contributed by atoms with Crippen molar-refractivity contribution in [3.63, 3.8) is 0 Å². The topological polar surface area (TPSA) is 81.3 Å². The zero-order valence-electron chi connectivity index (χ0n) is 13.0. The molecule has 7 heteroatoms. The van der Waals surface area contributed by atoms with Gasteiger partial charge >= 0.3 is 0 Å². The molecule has 1 amide bonds. The first-order valence-corrected chi connectivity index (χ1v) is 7.60. The van der Waals surface area contributed by atoms with Gasteiger partial charge in [-0.05, 0) is 24.3 Å². The second-order valence-corrected chi connectivity index (χ2v) is 5.33. The van der Waals surface area contributed by atoms with Gasteiger partial charge in [0.1, 0.15) is 5.56 Å². The van der Waals surface area contributed by atoms with Gasteiger partial charge in [-0.25, -0.2) is 4.98 Å². The first kappa shape index (κ1) is 14.8. The zero-order chi connectivity index (χ0) is 17.2. The number of nitrogens with zero attached hydrogens (tertiary/aromatic N) is 4. The molecule has 0 spiro atoms. The number of carbonyl (C=O) groups excluding carboxylic acids is 1. The summed E-state index contributed by atoms with van der Waals surface area (Å²) in [6, 6.07) is 14.4. The summed E-state index contributed by atoms with van der Waals surface area (Å²) in [6.07, 6.45) is 6.15. The van der Waals surface area contributed by atoms with Crippen molar-refractivity contribution in [1.82, 2.24) is 19.2 Å². The summed E-state index contributed by atoms with van der Waals surface area (Å²) in [5, 5.41) is 2.67. The fraction of sp³-hybridized carbons (Fsp3) is 0. The molecule has 1 aromatic carbocycles. The first-order chi connectivity index (χ1) is 12.2. The second-order valence-electron chi connectivity index (χ2n) is 5.33. The molecule has 0 fully saturated rings. The van der Waals surface area contributed by atoms with E-state index >= 15 is 0 Å². The fourth-order valence-electron chi connectivity index (χ4n) is 2.56. The number of para-hydroxylation sites is 1. The molecular formula is C18H13N5O2. The van der Waals surface area contributed by atoms with Gasteiger partial charge in [-0.1, -0.05) is 18.2 Å². The number of anilines is 1. The molecule has 0 aliphatic carbocycles. The summed E-state index contributed by atoms with van der Waals surface area (Å²) in [6.45, 7) is 0. The van der Waals surface area contributed by atoms with Crippen molar-refractivity contribution in [2.75, 3.05) is 5.32 Å². The molecule has 4 rings (SSSR count). The first-order valence-electron chi connectivity index (χ1n) is 7.60. The number of aromatic nitrogens is 4. The molecule has 0 aliphatic heterocycles. The smallest absolute Gasteiger partial charge is 0.286 e. The number of fused-ring (bicyclic) bond motifs is 1. The number of hydrogen-bond donors (Lipinski definition) is 1. The highest BCUT2D eigenvalue weighted by Crippen LogP contribution is 2.10. The Kier molecular flexibility index (Phi) is 3.59. The standard InChI is InChI=1S/C18H13N5O2/c24-17(21-13-6-9-19-10-7-13)15-12-20-16-8-11-22(23(16)18(15)25)14-4-2-1-3-5-14/h1-12H,(H,19,21,24). The van der Waals surface area contributed by atoms with E-state index in [1.165, 1.54) is 10.7 Å². The SMILES string of the molecule is O=C(Nc1ccncc1)c1cnc2ccn(-c3ccccc3)n2c1=O. The van der Waals surface area contributed by atoms with E-state index < -0.39 is 11.5 Å². The van der Waals surface area contributed by atoms with Crippen molar-refractivity contribution >= 4 is 17.2 Å². The van der Waals surface area contributed by atoms with Gasteiger partial charge in [0.15, 0.2) is 5.65 Å². The Balaban J connectivity index is 1.80. The predicted octanol–water partition coefficient (Wildman–Crippen LogP) is 2.13. The molecule has 122 valence electrons. The van der Waals surface area contributed by atoms with Crippen molar-refractivity contribution in [2.45, 2.75) is 0 Å². The van der Waals surface area contributed by atoms with Crippen LogP contribution in [0.15, 0.2) is 78.1 Å². The maximum Gasteiger partial charge on any atom is 0.286 e. The molecule has 0 saturated carbocycles. The maximum absolute atomic E-state index is 12.8. The van der Waals surface area contributed by atoms with Crippen LogP contribution in [0, 0.1) is 0 Å². The van der Waals surface area contributed by atoms with E-state index in [-0.39, 0.29) is 5.56 Å². The van der Waals surface area contributed by atoms with Crippen LogP contribution < -0.4 is 10.9 Å². The monoisotopic (exact) mass is 331 g/mol. The van der Waals surface area contributed by atoms with Crippen molar-refractivity contribution in [1.29, 1.82) is 0 Å². The third kappa shape index (κ3) is 2.67. The van der Waals surface area contributed by atoms with Gasteiger partial charge in [0.25, 0.3) is 11.5 Å². The summed E-state index contributed by atoms with van der Waals surface area (Å²) >= 11 is 0. The Bertz CT molecular complexity index is 1100. The Labute approximate surface area is 142 Å². The molecule has 0 unspecified atom stereocenters. The zero-order valence-corrected chi connectivity index (χ0v) is 13.0. The average Bonchev–Trinajstić information content (AvgIpc) is 3.08. The number of nitrogens with one attached hydrogen (secondary N) is 1. The van der Waals surface area contributed by atoms with Gasteiger partial charge in [0, 0.05) is 36.5 Å². The largest absolute Gasteiger partial charge is 0.322 e. The molecule has 0 radical (unpaired) electrons. The van der Waals surface area contributed by atoms with Gasteiger partial charge < -0.3 is 5.32 Å². The summed E-state index contributed by atoms with van der Waals surface area (Å²) in [4.78, 5) is 33.4. The van der Waals surface area contributed by atoms with E-state index in [0.717, 1.165) is 5.69 Å². The molecule has 0 aliphatic rings. The minimum atomic E-state index is -0.515.